The molecule has 0 fully saturated rings. The average molecular weight is 315 g/mol. The largest absolute Gasteiger partial charge is 0.398 e. The molecule has 1 heterocycles. The summed E-state index contributed by atoms with van der Waals surface area (Å²) in [5.74, 6) is 0. The van der Waals surface area contributed by atoms with Crippen LogP contribution in [0.5, 0.6) is 0 Å². The Labute approximate surface area is 122 Å². The fraction of sp³-hybridized carbons (Fsp3) is 0.250. The van der Waals surface area contributed by atoms with E-state index in [9.17, 15) is 8.42 Å². The minimum absolute atomic E-state index is 0.0687. The molecule has 0 amide bonds. The minimum Gasteiger partial charge on any atom is -0.398 e. The van der Waals surface area contributed by atoms with Crippen LogP contribution in [0.15, 0.2) is 23.4 Å². The van der Waals surface area contributed by atoms with Crippen LogP contribution in [0.3, 0.4) is 0 Å². The number of aryl methyl sites for hydroxylation is 2. The van der Waals surface area contributed by atoms with Gasteiger partial charge in [0.15, 0.2) is 5.03 Å². The summed E-state index contributed by atoms with van der Waals surface area (Å²) in [6.45, 7) is 3.56. The van der Waals surface area contributed by atoms with Crippen molar-refractivity contribution in [2.45, 2.75) is 18.9 Å². The van der Waals surface area contributed by atoms with Gasteiger partial charge in [0.2, 0.25) is 0 Å². The van der Waals surface area contributed by atoms with E-state index in [1.165, 1.54) is 17.9 Å². The van der Waals surface area contributed by atoms with Gasteiger partial charge in [-0.2, -0.15) is 13.5 Å². The van der Waals surface area contributed by atoms with Crippen molar-refractivity contribution in [3.63, 3.8) is 0 Å². The van der Waals surface area contributed by atoms with Gasteiger partial charge in [-0.1, -0.05) is 17.7 Å². The van der Waals surface area contributed by atoms with Gasteiger partial charge in [0.05, 0.1) is 16.9 Å². The van der Waals surface area contributed by atoms with Crippen LogP contribution < -0.4 is 10.5 Å². The van der Waals surface area contributed by atoms with Gasteiger partial charge in [-0.3, -0.25) is 9.40 Å². The Bertz CT molecular complexity index is 749. The molecule has 0 unspecified atom stereocenters. The zero-order valence-corrected chi connectivity index (χ0v) is 12.9. The molecule has 0 atom stereocenters. The van der Waals surface area contributed by atoms with Crippen LogP contribution in [0, 0.1) is 13.8 Å². The van der Waals surface area contributed by atoms with Crippen LogP contribution in [0.2, 0.25) is 5.02 Å². The second-order valence-electron chi connectivity index (χ2n) is 4.50. The van der Waals surface area contributed by atoms with E-state index in [0.717, 1.165) is 5.56 Å². The zero-order valence-electron chi connectivity index (χ0n) is 11.3. The molecule has 108 valence electrons. The predicted molar refractivity (Wildman–Crippen MR) is 79.4 cm³/mol. The number of anilines is 2. The average Bonchev–Trinajstić information content (AvgIpc) is 2.70. The fourth-order valence-electron chi connectivity index (χ4n) is 1.90. The van der Waals surface area contributed by atoms with E-state index in [1.54, 1.807) is 26.0 Å². The number of hydrogen-bond donors (Lipinski definition) is 2. The Hall–Kier alpha value is -1.73. The summed E-state index contributed by atoms with van der Waals surface area (Å²) in [6.07, 6.45) is 1.29. The summed E-state index contributed by atoms with van der Waals surface area (Å²) in [6, 6.07) is 3.49. The molecule has 6 nitrogen and oxygen atoms in total. The van der Waals surface area contributed by atoms with Crippen molar-refractivity contribution >= 4 is 33.0 Å². The Balaban J connectivity index is 2.53. The molecule has 20 heavy (non-hydrogen) atoms. The molecule has 3 N–H and O–H groups in total. The molecule has 0 saturated heterocycles. The molecule has 1 aromatic carbocycles. The lowest BCUT2D eigenvalue weighted by Gasteiger charge is -2.15. The van der Waals surface area contributed by atoms with Gasteiger partial charge in [0, 0.05) is 12.7 Å². The lowest BCUT2D eigenvalue weighted by molar-refractivity contribution is 0.582. The van der Waals surface area contributed by atoms with Crippen molar-refractivity contribution in [1.29, 1.82) is 0 Å². The van der Waals surface area contributed by atoms with Crippen LogP contribution in [0.4, 0.5) is 11.4 Å². The summed E-state index contributed by atoms with van der Waals surface area (Å²) in [7, 11) is -2.32. The summed E-state index contributed by atoms with van der Waals surface area (Å²) in [5, 5.41) is 3.81. The number of hydrogen-bond acceptors (Lipinski definition) is 4. The van der Waals surface area contributed by atoms with Crippen LogP contribution in [-0.4, -0.2) is 18.2 Å². The van der Waals surface area contributed by atoms with E-state index in [0.29, 0.717) is 16.9 Å². The van der Waals surface area contributed by atoms with E-state index < -0.39 is 10.0 Å². The number of nitrogens with two attached hydrogens (primary N) is 1. The second kappa shape index (κ2) is 4.99. The molecule has 0 radical (unpaired) electrons. The molecular formula is C12H15ClN4O2S. The number of nitrogen functional groups attached to an aromatic ring is 1. The molecule has 1 aromatic heterocycles. The molecule has 2 rings (SSSR count). The Morgan fingerprint density at radius 1 is 1.35 bits per heavy atom. The van der Waals surface area contributed by atoms with Gasteiger partial charge in [0.25, 0.3) is 10.0 Å². The maximum atomic E-state index is 12.4. The number of nitrogens with one attached hydrogen (secondary N) is 1. The highest BCUT2D eigenvalue weighted by atomic mass is 35.5. The van der Waals surface area contributed by atoms with Crippen molar-refractivity contribution in [1.82, 2.24) is 9.78 Å². The van der Waals surface area contributed by atoms with E-state index in [-0.39, 0.29) is 10.0 Å². The van der Waals surface area contributed by atoms with Crippen molar-refractivity contribution < 1.29 is 8.42 Å². The second-order valence-corrected chi connectivity index (χ2v) is 6.50. The monoisotopic (exact) mass is 314 g/mol. The predicted octanol–water partition coefficient (Wildman–Crippen LogP) is 2.07. The van der Waals surface area contributed by atoms with Gasteiger partial charge in [0.1, 0.15) is 0 Å². The summed E-state index contributed by atoms with van der Waals surface area (Å²) >= 11 is 5.88. The first-order chi connectivity index (χ1) is 9.24. The minimum atomic E-state index is -3.83. The smallest absolute Gasteiger partial charge is 0.280 e. The quantitative estimate of drug-likeness (QED) is 0.849. The third-order valence-electron chi connectivity index (χ3n) is 3.05. The molecule has 0 saturated carbocycles. The van der Waals surface area contributed by atoms with Crippen molar-refractivity contribution in [3.8, 4) is 0 Å². The van der Waals surface area contributed by atoms with Gasteiger partial charge in [-0.15, -0.1) is 0 Å². The zero-order chi connectivity index (χ0) is 15.1. The first kappa shape index (κ1) is 14.7. The van der Waals surface area contributed by atoms with E-state index in [2.05, 4.69) is 9.82 Å². The molecule has 2 aromatic rings. The van der Waals surface area contributed by atoms with E-state index >= 15 is 0 Å². The highest BCUT2D eigenvalue weighted by molar-refractivity contribution is 7.92. The molecule has 8 heteroatoms. The number of sulfonamides is 1. The number of aromatic nitrogens is 2. The van der Waals surface area contributed by atoms with Crippen LogP contribution in [0.1, 0.15) is 11.1 Å². The molecule has 0 aliphatic rings. The highest BCUT2D eigenvalue weighted by Crippen LogP contribution is 2.29. The Kier molecular flexibility index (Phi) is 3.66. The molecule has 0 bridgehead atoms. The standard InChI is InChI=1S/C12H15ClN4O2S/c1-7-4-5-10(14)8(2)11(7)16-20(18,19)12-9(13)6-15-17(12)3/h4-6,16H,14H2,1-3H3. The molecular weight excluding hydrogens is 300 g/mol. The summed E-state index contributed by atoms with van der Waals surface area (Å²) < 4.78 is 28.6. The normalized spacial score (nSPS) is 11.6. The van der Waals surface area contributed by atoms with Crippen molar-refractivity contribution in [3.05, 3.63) is 34.5 Å². The summed E-state index contributed by atoms with van der Waals surface area (Å²) in [4.78, 5) is 0. The number of nitrogens with zero attached hydrogens (tertiary/aromatic N) is 2. The number of benzene rings is 1. The molecule has 0 aliphatic carbocycles. The van der Waals surface area contributed by atoms with Gasteiger partial charge in [-0.25, -0.2) is 0 Å². The third kappa shape index (κ3) is 2.46. The fourth-order valence-corrected chi connectivity index (χ4v) is 3.76. The number of halogens is 1. The highest BCUT2D eigenvalue weighted by Gasteiger charge is 2.24. The van der Waals surface area contributed by atoms with E-state index in [4.69, 9.17) is 17.3 Å². The lowest BCUT2D eigenvalue weighted by Crippen LogP contribution is -2.18. The third-order valence-corrected chi connectivity index (χ3v) is 4.90. The number of rotatable bonds is 3. The SMILES string of the molecule is Cc1ccc(N)c(C)c1NS(=O)(=O)c1c(Cl)cnn1C. The topological polar surface area (TPSA) is 90.0 Å². The lowest BCUT2D eigenvalue weighted by atomic mass is 10.1. The van der Waals surface area contributed by atoms with Crippen molar-refractivity contribution in [2.24, 2.45) is 7.05 Å². The van der Waals surface area contributed by atoms with E-state index in [1.807, 2.05) is 0 Å². The Morgan fingerprint density at radius 2 is 2.00 bits per heavy atom. The van der Waals surface area contributed by atoms with Gasteiger partial charge < -0.3 is 5.73 Å². The molecule has 0 aliphatic heterocycles. The van der Waals surface area contributed by atoms with Crippen LogP contribution >= 0.6 is 11.6 Å². The first-order valence-corrected chi connectivity index (χ1v) is 7.66. The van der Waals surface area contributed by atoms with Gasteiger partial charge >= 0.3 is 0 Å². The Morgan fingerprint density at radius 3 is 2.55 bits per heavy atom. The molecule has 0 spiro atoms. The van der Waals surface area contributed by atoms with Crippen LogP contribution in [0.25, 0.3) is 0 Å². The first-order valence-electron chi connectivity index (χ1n) is 5.80. The van der Waals surface area contributed by atoms with Crippen LogP contribution in [-0.2, 0) is 17.1 Å². The maximum absolute atomic E-state index is 12.4. The maximum Gasteiger partial charge on any atom is 0.280 e. The van der Waals surface area contributed by atoms with Gasteiger partial charge in [-0.05, 0) is 31.0 Å². The summed E-state index contributed by atoms with van der Waals surface area (Å²) in [5.41, 5.74) is 8.24. The van der Waals surface area contributed by atoms with Crippen molar-refractivity contribution in [2.75, 3.05) is 10.5 Å².